The third-order valence-electron chi connectivity index (χ3n) is 6.65. The fraction of sp³-hybridized carbons (Fsp3) is 0.333. The first-order valence-corrected chi connectivity index (χ1v) is 12.5. The Morgan fingerprint density at radius 3 is 2.19 bits per heavy atom. The molecule has 1 aliphatic heterocycles. The highest BCUT2D eigenvalue weighted by atomic mass is 16.6. The van der Waals surface area contributed by atoms with Crippen LogP contribution in [0.25, 0.3) is 10.8 Å². The van der Waals surface area contributed by atoms with E-state index in [1.165, 1.54) is 0 Å². The Hall–Kier alpha value is -3.64. The Morgan fingerprint density at radius 2 is 1.56 bits per heavy atom. The summed E-state index contributed by atoms with van der Waals surface area (Å²) in [6, 6.07) is 23.0. The largest absolute Gasteiger partial charge is 0.465 e. The van der Waals surface area contributed by atoms with Crippen LogP contribution in [0.1, 0.15) is 44.7 Å². The first-order chi connectivity index (χ1) is 17.5. The Balaban J connectivity index is 2.00. The van der Waals surface area contributed by atoms with Gasteiger partial charge in [-0.25, -0.2) is 0 Å². The van der Waals surface area contributed by atoms with Crippen LogP contribution >= 0.6 is 0 Å². The van der Waals surface area contributed by atoms with Gasteiger partial charge in [0.1, 0.15) is 0 Å². The summed E-state index contributed by atoms with van der Waals surface area (Å²) in [6.45, 7) is 3.78. The van der Waals surface area contributed by atoms with Crippen LogP contribution in [0.5, 0.6) is 0 Å². The molecule has 1 heterocycles. The van der Waals surface area contributed by atoms with Gasteiger partial charge in [0.15, 0.2) is 5.41 Å². The Labute approximate surface area is 212 Å². The highest BCUT2D eigenvalue weighted by Gasteiger charge is 2.59. The van der Waals surface area contributed by atoms with Gasteiger partial charge in [-0.3, -0.25) is 9.59 Å². The van der Waals surface area contributed by atoms with E-state index >= 15 is 0 Å². The number of hydrogen-bond acceptors (Lipinski definition) is 6. The number of carbonyl (C=O) groups is 2. The minimum atomic E-state index is -1.62. The minimum absolute atomic E-state index is 0.0165. The van der Waals surface area contributed by atoms with Crippen LogP contribution in [-0.2, 0) is 19.1 Å². The predicted octanol–water partition coefficient (Wildman–Crippen LogP) is 5.56. The van der Waals surface area contributed by atoms with Crippen LogP contribution in [-0.4, -0.2) is 36.9 Å². The van der Waals surface area contributed by atoms with Gasteiger partial charge < -0.3 is 19.5 Å². The maximum absolute atomic E-state index is 13.9. The highest BCUT2D eigenvalue weighted by molar-refractivity contribution is 6.03. The number of hydrogen-bond donors (Lipinski definition) is 1. The van der Waals surface area contributed by atoms with Gasteiger partial charge in [-0.05, 0) is 67.6 Å². The van der Waals surface area contributed by atoms with Gasteiger partial charge in [-0.2, -0.15) is 0 Å². The third kappa shape index (κ3) is 4.86. The molecule has 0 bridgehead atoms. The van der Waals surface area contributed by atoms with E-state index in [9.17, 15) is 14.7 Å². The molecule has 0 saturated heterocycles. The number of anilines is 1. The minimum Gasteiger partial charge on any atom is -0.465 e. The van der Waals surface area contributed by atoms with Gasteiger partial charge >= 0.3 is 11.9 Å². The third-order valence-corrected chi connectivity index (χ3v) is 6.65. The summed E-state index contributed by atoms with van der Waals surface area (Å²) in [4.78, 5) is 29.7. The molecule has 188 valence electrons. The number of carbonyl (C=O) groups excluding carboxylic acids is 2. The number of benzene rings is 3. The first kappa shape index (κ1) is 25.5. The molecular formula is C30H33NO5. The zero-order chi connectivity index (χ0) is 25.5. The SMILES string of the molecule is CCOC(=O)C1(C(=O)OCC)CC(CCCO)=CN(c2ccccc2)C1c1ccc2ccccc2c1. The highest BCUT2D eigenvalue weighted by Crippen LogP contribution is 2.51. The summed E-state index contributed by atoms with van der Waals surface area (Å²) in [6.07, 6.45) is 3.24. The normalized spacial score (nSPS) is 16.9. The summed E-state index contributed by atoms with van der Waals surface area (Å²) < 4.78 is 11.2. The van der Waals surface area contributed by atoms with Gasteiger partial charge in [0.05, 0.1) is 19.3 Å². The van der Waals surface area contributed by atoms with Gasteiger partial charge in [-0.1, -0.05) is 60.2 Å². The van der Waals surface area contributed by atoms with Crippen molar-refractivity contribution in [2.75, 3.05) is 24.7 Å². The fourth-order valence-corrected chi connectivity index (χ4v) is 5.09. The number of allylic oxidation sites excluding steroid dienone is 1. The summed E-state index contributed by atoms with van der Waals surface area (Å²) >= 11 is 0. The van der Waals surface area contributed by atoms with E-state index in [0.717, 1.165) is 27.6 Å². The fourth-order valence-electron chi connectivity index (χ4n) is 5.09. The lowest BCUT2D eigenvalue weighted by Crippen LogP contribution is -2.54. The zero-order valence-corrected chi connectivity index (χ0v) is 20.9. The van der Waals surface area contributed by atoms with Crippen molar-refractivity contribution >= 4 is 28.4 Å². The van der Waals surface area contributed by atoms with Crippen molar-refractivity contribution < 1.29 is 24.2 Å². The smallest absolute Gasteiger partial charge is 0.326 e. The van der Waals surface area contributed by atoms with E-state index in [1.54, 1.807) is 13.8 Å². The number of ether oxygens (including phenoxy) is 2. The Kier molecular flexibility index (Phi) is 8.06. The molecule has 1 unspecified atom stereocenters. The topological polar surface area (TPSA) is 76.1 Å². The molecule has 0 amide bonds. The molecule has 0 aliphatic carbocycles. The predicted molar refractivity (Wildman–Crippen MR) is 140 cm³/mol. The second kappa shape index (κ2) is 11.4. The molecule has 4 rings (SSSR count). The second-order valence-corrected chi connectivity index (χ2v) is 8.96. The van der Waals surface area contributed by atoms with Crippen molar-refractivity contribution in [3.8, 4) is 0 Å². The lowest BCUT2D eigenvalue weighted by atomic mass is 9.68. The molecule has 3 aromatic rings. The second-order valence-electron chi connectivity index (χ2n) is 8.96. The van der Waals surface area contributed by atoms with Crippen molar-refractivity contribution in [1.82, 2.24) is 0 Å². The van der Waals surface area contributed by atoms with Crippen LogP contribution in [0, 0.1) is 5.41 Å². The molecule has 6 nitrogen and oxygen atoms in total. The monoisotopic (exact) mass is 487 g/mol. The number of esters is 2. The molecule has 0 aromatic heterocycles. The van der Waals surface area contributed by atoms with E-state index in [-0.39, 0.29) is 26.2 Å². The van der Waals surface area contributed by atoms with Crippen LogP contribution in [0.15, 0.2) is 84.6 Å². The summed E-state index contributed by atoms with van der Waals surface area (Å²) in [5.41, 5.74) is 0.918. The van der Waals surface area contributed by atoms with E-state index < -0.39 is 23.4 Å². The van der Waals surface area contributed by atoms with Crippen molar-refractivity contribution in [1.29, 1.82) is 0 Å². The van der Waals surface area contributed by atoms with Gasteiger partial charge in [0.2, 0.25) is 0 Å². The van der Waals surface area contributed by atoms with E-state index in [1.807, 2.05) is 83.9 Å². The van der Waals surface area contributed by atoms with Gasteiger partial charge in [0.25, 0.3) is 0 Å². The first-order valence-electron chi connectivity index (χ1n) is 12.5. The lowest BCUT2D eigenvalue weighted by Gasteiger charge is -2.46. The van der Waals surface area contributed by atoms with Crippen molar-refractivity contribution in [3.63, 3.8) is 0 Å². The maximum atomic E-state index is 13.9. The molecule has 1 atom stereocenters. The summed E-state index contributed by atoms with van der Waals surface area (Å²) in [5.74, 6) is -1.20. The average Bonchev–Trinajstić information content (AvgIpc) is 2.91. The van der Waals surface area contributed by atoms with Gasteiger partial charge in [-0.15, -0.1) is 0 Å². The van der Waals surface area contributed by atoms with E-state index in [4.69, 9.17) is 9.47 Å². The Morgan fingerprint density at radius 1 is 0.917 bits per heavy atom. The standard InChI is InChI=1S/C30H33NO5/c1-3-35-28(33)30(29(34)36-4-2)20-22(11-10-18-32)21-31(26-14-6-5-7-15-26)27(30)25-17-16-23-12-8-9-13-24(23)19-25/h5-9,12-17,19,21,27,32H,3-4,10-11,18,20H2,1-2H3. The number of para-hydroxylation sites is 1. The van der Waals surface area contributed by atoms with E-state index in [2.05, 4.69) is 0 Å². The number of fused-ring (bicyclic) bond motifs is 1. The molecule has 0 radical (unpaired) electrons. The Bertz CT molecular complexity index is 1220. The zero-order valence-electron chi connectivity index (χ0n) is 20.9. The maximum Gasteiger partial charge on any atom is 0.326 e. The van der Waals surface area contributed by atoms with E-state index in [0.29, 0.717) is 12.8 Å². The number of aliphatic hydroxyl groups is 1. The molecule has 3 aromatic carbocycles. The van der Waals surface area contributed by atoms with Crippen LogP contribution in [0.2, 0.25) is 0 Å². The van der Waals surface area contributed by atoms with Crippen molar-refractivity contribution in [2.24, 2.45) is 5.41 Å². The number of rotatable bonds is 9. The van der Waals surface area contributed by atoms with Gasteiger partial charge in [0, 0.05) is 18.5 Å². The molecule has 1 N–H and O–H groups in total. The molecule has 0 spiro atoms. The van der Waals surface area contributed by atoms with Crippen LogP contribution < -0.4 is 4.90 Å². The molecule has 6 heteroatoms. The molecular weight excluding hydrogens is 454 g/mol. The quantitative estimate of drug-likeness (QED) is 0.315. The number of aliphatic hydroxyl groups excluding tert-OH is 1. The van der Waals surface area contributed by atoms with Crippen LogP contribution in [0.4, 0.5) is 5.69 Å². The lowest BCUT2D eigenvalue weighted by molar-refractivity contribution is -0.174. The molecule has 1 aliphatic rings. The van der Waals surface area contributed by atoms with Crippen molar-refractivity contribution in [3.05, 3.63) is 90.1 Å². The van der Waals surface area contributed by atoms with Crippen molar-refractivity contribution in [2.45, 2.75) is 39.2 Å². The van der Waals surface area contributed by atoms with Crippen LogP contribution in [0.3, 0.4) is 0 Å². The summed E-state index contributed by atoms with van der Waals surface area (Å²) in [7, 11) is 0. The molecule has 0 saturated carbocycles. The average molecular weight is 488 g/mol. The molecule has 36 heavy (non-hydrogen) atoms. The molecule has 0 fully saturated rings. The number of nitrogens with zero attached hydrogens (tertiary/aromatic N) is 1. The summed E-state index contributed by atoms with van der Waals surface area (Å²) in [5, 5.41) is 11.6.